The van der Waals surface area contributed by atoms with E-state index in [4.69, 9.17) is 11.3 Å². The third-order valence-electron chi connectivity index (χ3n) is 2.16. The molecule has 3 nitrogen and oxygen atoms in total. The molecule has 0 atom stereocenters. The Hall–Kier alpha value is -2.08. The summed E-state index contributed by atoms with van der Waals surface area (Å²) in [5.41, 5.74) is 1.93. The number of hydrogen-bond donors (Lipinski definition) is 0. The standard InChI is InChI=1S/C15H17NO2/c1-11-10-12(6-8-13(11)16-5)7-9-14(17)18-15(2,3)4/h6-10H,1-4H3/b9-7+. The Morgan fingerprint density at radius 1 is 1.39 bits per heavy atom. The van der Waals surface area contributed by atoms with Gasteiger partial charge in [-0.05, 0) is 44.9 Å². The zero-order valence-electron chi connectivity index (χ0n) is 11.2. The molecule has 0 bridgehead atoms. The highest BCUT2D eigenvalue weighted by molar-refractivity contribution is 5.87. The molecule has 3 heteroatoms. The molecule has 0 aliphatic carbocycles. The first-order valence-electron chi connectivity index (χ1n) is 5.71. The number of nitrogens with zero attached hydrogens (tertiary/aromatic N) is 1. The number of hydrogen-bond acceptors (Lipinski definition) is 2. The number of esters is 1. The first-order chi connectivity index (χ1) is 8.31. The summed E-state index contributed by atoms with van der Waals surface area (Å²) in [6.45, 7) is 14.3. The molecule has 0 aliphatic heterocycles. The van der Waals surface area contributed by atoms with E-state index < -0.39 is 5.60 Å². The minimum Gasteiger partial charge on any atom is -0.457 e. The largest absolute Gasteiger partial charge is 0.457 e. The Kier molecular flexibility index (Phi) is 4.28. The Morgan fingerprint density at radius 2 is 2.06 bits per heavy atom. The molecular formula is C15H17NO2. The molecule has 94 valence electrons. The third-order valence-corrected chi connectivity index (χ3v) is 2.16. The van der Waals surface area contributed by atoms with Crippen molar-refractivity contribution in [3.05, 3.63) is 46.8 Å². The van der Waals surface area contributed by atoms with E-state index in [1.165, 1.54) is 6.08 Å². The van der Waals surface area contributed by atoms with Crippen LogP contribution in [0.4, 0.5) is 5.69 Å². The van der Waals surface area contributed by atoms with Gasteiger partial charge in [-0.15, -0.1) is 0 Å². The molecule has 1 aromatic carbocycles. The fourth-order valence-electron chi connectivity index (χ4n) is 1.41. The molecule has 1 rings (SSSR count). The molecular weight excluding hydrogens is 226 g/mol. The highest BCUT2D eigenvalue weighted by atomic mass is 16.6. The molecule has 0 fully saturated rings. The lowest BCUT2D eigenvalue weighted by Gasteiger charge is -2.17. The maximum Gasteiger partial charge on any atom is 0.331 e. The Bertz CT molecular complexity index is 516. The van der Waals surface area contributed by atoms with E-state index in [0.717, 1.165) is 11.1 Å². The lowest BCUT2D eigenvalue weighted by molar-refractivity contribution is -0.148. The zero-order valence-corrected chi connectivity index (χ0v) is 11.2. The van der Waals surface area contributed by atoms with E-state index in [1.807, 2.05) is 33.8 Å². The topological polar surface area (TPSA) is 30.7 Å². The summed E-state index contributed by atoms with van der Waals surface area (Å²) in [6, 6.07) is 5.42. The van der Waals surface area contributed by atoms with Crippen molar-refractivity contribution in [3.8, 4) is 0 Å². The van der Waals surface area contributed by atoms with Gasteiger partial charge in [-0.2, -0.15) is 0 Å². The quantitative estimate of drug-likeness (QED) is 0.448. The van der Waals surface area contributed by atoms with Gasteiger partial charge in [0.1, 0.15) is 5.60 Å². The fraction of sp³-hybridized carbons (Fsp3) is 0.333. The number of benzene rings is 1. The summed E-state index contributed by atoms with van der Waals surface area (Å²) < 4.78 is 5.16. The van der Waals surface area contributed by atoms with E-state index in [-0.39, 0.29) is 5.97 Å². The van der Waals surface area contributed by atoms with Crippen molar-refractivity contribution in [1.82, 2.24) is 0 Å². The van der Waals surface area contributed by atoms with Crippen molar-refractivity contribution in [3.63, 3.8) is 0 Å². The average Bonchev–Trinajstić information content (AvgIpc) is 2.24. The fourth-order valence-corrected chi connectivity index (χ4v) is 1.41. The van der Waals surface area contributed by atoms with Crippen molar-refractivity contribution in [2.24, 2.45) is 0 Å². The summed E-state index contributed by atoms with van der Waals surface area (Å²) in [4.78, 5) is 14.9. The number of carbonyl (C=O) groups excluding carboxylic acids is 1. The van der Waals surface area contributed by atoms with Crippen molar-refractivity contribution >= 4 is 17.7 Å². The molecule has 18 heavy (non-hydrogen) atoms. The monoisotopic (exact) mass is 243 g/mol. The molecule has 0 radical (unpaired) electrons. The van der Waals surface area contributed by atoms with Crippen molar-refractivity contribution < 1.29 is 9.53 Å². The molecule has 0 spiro atoms. The van der Waals surface area contributed by atoms with Crippen LogP contribution in [-0.2, 0) is 9.53 Å². The lowest BCUT2D eigenvalue weighted by Crippen LogP contribution is -2.22. The smallest absolute Gasteiger partial charge is 0.331 e. The van der Waals surface area contributed by atoms with Gasteiger partial charge in [0.2, 0.25) is 0 Å². The zero-order chi connectivity index (χ0) is 13.8. The summed E-state index contributed by atoms with van der Waals surface area (Å²) >= 11 is 0. The molecule has 1 aromatic rings. The van der Waals surface area contributed by atoms with E-state index >= 15 is 0 Å². The predicted octanol–water partition coefficient (Wildman–Crippen LogP) is 3.90. The van der Waals surface area contributed by atoms with Crippen molar-refractivity contribution in [1.29, 1.82) is 0 Å². The van der Waals surface area contributed by atoms with E-state index in [0.29, 0.717) is 5.69 Å². The van der Waals surface area contributed by atoms with Gasteiger partial charge in [0, 0.05) is 6.08 Å². The van der Waals surface area contributed by atoms with Gasteiger partial charge in [0.25, 0.3) is 0 Å². The summed E-state index contributed by atoms with van der Waals surface area (Å²) in [7, 11) is 0. The third kappa shape index (κ3) is 4.42. The van der Waals surface area contributed by atoms with E-state index in [2.05, 4.69) is 4.85 Å². The van der Waals surface area contributed by atoms with Crippen LogP contribution in [0.15, 0.2) is 24.3 Å². The first-order valence-corrected chi connectivity index (χ1v) is 5.71. The second-order valence-corrected chi connectivity index (χ2v) is 5.02. The van der Waals surface area contributed by atoms with Gasteiger partial charge in [-0.25, -0.2) is 9.64 Å². The van der Waals surface area contributed by atoms with Crippen LogP contribution in [-0.4, -0.2) is 11.6 Å². The molecule has 0 unspecified atom stereocenters. The van der Waals surface area contributed by atoms with Gasteiger partial charge in [0.15, 0.2) is 5.69 Å². The van der Waals surface area contributed by atoms with Gasteiger partial charge < -0.3 is 4.74 Å². The minimum atomic E-state index is -0.481. The van der Waals surface area contributed by atoms with Crippen LogP contribution in [0.2, 0.25) is 0 Å². The van der Waals surface area contributed by atoms with Gasteiger partial charge in [-0.1, -0.05) is 18.2 Å². The van der Waals surface area contributed by atoms with Gasteiger partial charge >= 0.3 is 5.97 Å². The maximum absolute atomic E-state index is 11.5. The molecule has 0 saturated heterocycles. The summed E-state index contributed by atoms with van der Waals surface area (Å²) in [6.07, 6.45) is 3.09. The van der Waals surface area contributed by atoms with Crippen LogP contribution in [0.5, 0.6) is 0 Å². The normalized spacial score (nSPS) is 11.3. The molecule has 0 amide bonds. The Balaban J connectivity index is 2.77. The van der Waals surface area contributed by atoms with Crippen LogP contribution in [0.1, 0.15) is 31.9 Å². The number of rotatable bonds is 2. The minimum absolute atomic E-state index is 0.366. The lowest BCUT2D eigenvalue weighted by atomic mass is 10.1. The highest BCUT2D eigenvalue weighted by Crippen LogP contribution is 2.20. The van der Waals surface area contributed by atoms with Crippen molar-refractivity contribution in [2.45, 2.75) is 33.3 Å². The number of carbonyl (C=O) groups is 1. The second-order valence-electron chi connectivity index (χ2n) is 5.02. The molecule has 0 aliphatic rings. The summed E-state index contributed by atoms with van der Waals surface area (Å²) in [5, 5.41) is 0. The average molecular weight is 243 g/mol. The Labute approximate surface area is 108 Å². The Morgan fingerprint density at radius 3 is 2.56 bits per heavy atom. The first kappa shape index (κ1) is 14.0. The van der Waals surface area contributed by atoms with Gasteiger partial charge in [-0.3, -0.25) is 0 Å². The van der Waals surface area contributed by atoms with Crippen LogP contribution < -0.4 is 0 Å². The predicted molar refractivity (Wildman–Crippen MR) is 72.3 cm³/mol. The van der Waals surface area contributed by atoms with E-state index in [9.17, 15) is 4.79 Å². The maximum atomic E-state index is 11.5. The molecule has 0 heterocycles. The second kappa shape index (κ2) is 5.50. The molecule has 0 aromatic heterocycles. The van der Waals surface area contributed by atoms with Crippen LogP contribution in [0.3, 0.4) is 0 Å². The van der Waals surface area contributed by atoms with Crippen LogP contribution >= 0.6 is 0 Å². The highest BCUT2D eigenvalue weighted by Gasteiger charge is 2.13. The number of aryl methyl sites for hydroxylation is 1. The SMILES string of the molecule is [C-]#[N+]c1ccc(/C=C/C(=O)OC(C)(C)C)cc1C. The van der Waals surface area contributed by atoms with Crippen LogP contribution in [0.25, 0.3) is 10.9 Å². The van der Waals surface area contributed by atoms with E-state index in [1.54, 1.807) is 18.2 Å². The number of ether oxygens (including phenoxy) is 1. The van der Waals surface area contributed by atoms with Gasteiger partial charge in [0.05, 0.1) is 6.57 Å². The molecule has 0 N–H and O–H groups in total. The van der Waals surface area contributed by atoms with Crippen LogP contribution in [0, 0.1) is 13.5 Å². The molecule has 0 saturated carbocycles. The summed E-state index contributed by atoms with van der Waals surface area (Å²) in [5.74, 6) is -0.366. The van der Waals surface area contributed by atoms with Crippen molar-refractivity contribution in [2.75, 3.05) is 0 Å².